The van der Waals surface area contributed by atoms with E-state index in [1.807, 2.05) is 38.1 Å². The van der Waals surface area contributed by atoms with Crippen molar-refractivity contribution in [2.45, 2.75) is 39.8 Å². The number of primary amides is 1. The molecule has 2 rings (SSSR count). The average Bonchev–Trinajstić information content (AvgIpc) is 2.80. The third-order valence-electron chi connectivity index (χ3n) is 3.94. The van der Waals surface area contributed by atoms with Crippen LogP contribution in [0.25, 0.3) is 0 Å². The number of rotatable bonds is 5. The quantitative estimate of drug-likeness (QED) is 0.890. The summed E-state index contributed by atoms with van der Waals surface area (Å²) in [6.45, 7) is 8.01. The van der Waals surface area contributed by atoms with Gasteiger partial charge in [-0.25, -0.2) is 0 Å². The van der Waals surface area contributed by atoms with Crippen LogP contribution in [0.5, 0.6) is 0 Å². The van der Waals surface area contributed by atoms with E-state index in [2.05, 4.69) is 23.7 Å². The summed E-state index contributed by atoms with van der Waals surface area (Å²) in [5.41, 5.74) is 8.59. The Hall–Kier alpha value is -2.56. The number of nitrogens with one attached hydrogen (secondary N) is 1. The van der Waals surface area contributed by atoms with Crippen LogP contribution in [0.15, 0.2) is 36.4 Å². The molecule has 0 radical (unpaired) electrons. The van der Waals surface area contributed by atoms with Gasteiger partial charge in [-0.15, -0.1) is 0 Å². The topological polar surface area (TPSA) is 77.1 Å². The molecule has 1 atom stereocenters. The van der Waals surface area contributed by atoms with Crippen LogP contribution in [-0.4, -0.2) is 16.4 Å². The highest BCUT2D eigenvalue weighted by Gasteiger charge is 2.23. The number of aromatic nitrogens is 1. The highest BCUT2D eigenvalue weighted by atomic mass is 16.2. The van der Waals surface area contributed by atoms with Crippen LogP contribution in [0.3, 0.4) is 0 Å². The van der Waals surface area contributed by atoms with Gasteiger partial charge in [0.1, 0.15) is 6.04 Å². The number of benzene rings is 1. The Kier molecular flexibility index (Phi) is 4.89. The van der Waals surface area contributed by atoms with Gasteiger partial charge in [0.15, 0.2) is 0 Å². The van der Waals surface area contributed by atoms with Crippen LogP contribution in [-0.2, 0) is 4.79 Å². The molecule has 5 heteroatoms. The largest absolute Gasteiger partial charge is 0.368 e. The molecule has 0 aliphatic heterocycles. The van der Waals surface area contributed by atoms with Crippen molar-refractivity contribution < 1.29 is 9.59 Å². The average molecular weight is 313 g/mol. The second-order valence-electron chi connectivity index (χ2n) is 5.97. The van der Waals surface area contributed by atoms with Crippen molar-refractivity contribution in [3.8, 4) is 0 Å². The molecule has 1 aromatic heterocycles. The Labute approximate surface area is 136 Å². The van der Waals surface area contributed by atoms with Gasteiger partial charge in [0.25, 0.3) is 5.91 Å². The maximum Gasteiger partial charge on any atom is 0.254 e. The van der Waals surface area contributed by atoms with Crippen molar-refractivity contribution in [1.29, 1.82) is 0 Å². The van der Waals surface area contributed by atoms with E-state index in [9.17, 15) is 9.59 Å². The summed E-state index contributed by atoms with van der Waals surface area (Å²) < 4.78 is 2.09. The molecule has 1 aromatic carbocycles. The Bertz CT molecular complexity index is 717. The van der Waals surface area contributed by atoms with Crippen LogP contribution < -0.4 is 11.1 Å². The number of carbonyl (C=O) groups excluding carboxylic acids is 2. The summed E-state index contributed by atoms with van der Waals surface area (Å²) in [5, 5.41) is 2.74. The molecular formula is C18H23N3O2. The number of aryl methyl sites for hydroxylation is 1. The molecule has 2 amide bonds. The number of nitrogens with zero attached hydrogens (tertiary/aromatic N) is 1. The molecule has 0 aliphatic rings. The van der Waals surface area contributed by atoms with E-state index in [0.717, 1.165) is 11.4 Å². The molecule has 1 heterocycles. The number of carbonyl (C=O) groups is 2. The van der Waals surface area contributed by atoms with E-state index >= 15 is 0 Å². The molecule has 0 bridgehead atoms. The monoisotopic (exact) mass is 313 g/mol. The number of nitrogens with two attached hydrogens (primary N) is 1. The lowest BCUT2D eigenvalue weighted by atomic mass is 10.1. The Morgan fingerprint density at radius 2 is 1.74 bits per heavy atom. The highest BCUT2D eigenvalue weighted by molar-refractivity contribution is 5.98. The molecule has 3 N–H and O–H groups in total. The fraction of sp³-hybridized carbons (Fsp3) is 0.333. The smallest absolute Gasteiger partial charge is 0.254 e. The Morgan fingerprint density at radius 3 is 2.22 bits per heavy atom. The molecule has 0 aliphatic carbocycles. The lowest BCUT2D eigenvalue weighted by Crippen LogP contribution is -2.37. The lowest BCUT2D eigenvalue weighted by molar-refractivity contribution is -0.120. The Balaban J connectivity index is 2.30. The summed E-state index contributed by atoms with van der Waals surface area (Å²) in [6.07, 6.45) is 0. The fourth-order valence-corrected chi connectivity index (χ4v) is 2.97. The maximum absolute atomic E-state index is 12.6. The van der Waals surface area contributed by atoms with Crippen molar-refractivity contribution in [3.05, 3.63) is 58.9 Å². The van der Waals surface area contributed by atoms with Crippen LogP contribution in [0.1, 0.15) is 53.2 Å². The van der Waals surface area contributed by atoms with Gasteiger partial charge in [0, 0.05) is 17.4 Å². The van der Waals surface area contributed by atoms with Crippen molar-refractivity contribution in [3.63, 3.8) is 0 Å². The van der Waals surface area contributed by atoms with Gasteiger partial charge in [-0.3, -0.25) is 9.59 Å². The lowest BCUT2D eigenvalue weighted by Gasteiger charge is -2.17. The zero-order chi connectivity index (χ0) is 17.1. The van der Waals surface area contributed by atoms with E-state index in [-0.39, 0.29) is 11.9 Å². The predicted molar refractivity (Wildman–Crippen MR) is 90.1 cm³/mol. The molecule has 0 saturated heterocycles. The fourth-order valence-electron chi connectivity index (χ4n) is 2.97. The number of hydrogen-bond acceptors (Lipinski definition) is 2. The summed E-state index contributed by atoms with van der Waals surface area (Å²) in [7, 11) is 0. The third kappa shape index (κ3) is 3.44. The zero-order valence-corrected chi connectivity index (χ0v) is 14.0. The first-order chi connectivity index (χ1) is 10.8. The molecule has 0 unspecified atom stereocenters. The number of amides is 2. The van der Waals surface area contributed by atoms with E-state index in [4.69, 9.17) is 5.73 Å². The summed E-state index contributed by atoms with van der Waals surface area (Å²) in [6, 6.07) is 10.3. The molecule has 5 nitrogen and oxygen atoms in total. The third-order valence-corrected chi connectivity index (χ3v) is 3.94. The minimum Gasteiger partial charge on any atom is -0.368 e. The second-order valence-corrected chi connectivity index (χ2v) is 5.97. The first kappa shape index (κ1) is 16.8. The van der Waals surface area contributed by atoms with Crippen LogP contribution in [0.2, 0.25) is 0 Å². The minimum absolute atomic E-state index is 0.262. The summed E-state index contributed by atoms with van der Waals surface area (Å²) >= 11 is 0. The molecule has 0 fully saturated rings. The predicted octanol–water partition coefficient (Wildman–Crippen LogP) is 2.64. The van der Waals surface area contributed by atoms with Crippen molar-refractivity contribution in [1.82, 2.24) is 9.88 Å². The Morgan fingerprint density at radius 1 is 1.13 bits per heavy atom. The van der Waals surface area contributed by atoms with Crippen LogP contribution in [0.4, 0.5) is 0 Å². The van der Waals surface area contributed by atoms with Gasteiger partial charge >= 0.3 is 0 Å². The molecule has 2 aromatic rings. The normalized spacial score (nSPS) is 12.2. The van der Waals surface area contributed by atoms with Crippen molar-refractivity contribution in [2.24, 2.45) is 5.73 Å². The van der Waals surface area contributed by atoms with Gasteiger partial charge in [-0.05, 0) is 39.3 Å². The molecule has 0 saturated carbocycles. The van der Waals surface area contributed by atoms with Gasteiger partial charge in [0.2, 0.25) is 5.91 Å². The summed E-state index contributed by atoms with van der Waals surface area (Å²) in [4.78, 5) is 24.3. The van der Waals surface area contributed by atoms with Crippen molar-refractivity contribution in [2.75, 3.05) is 0 Å². The molecule has 23 heavy (non-hydrogen) atoms. The maximum atomic E-state index is 12.6. The molecular weight excluding hydrogens is 290 g/mol. The van der Waals surface area contributed by atoms with Gasteiger partial charge in [-0.1, -0.05) is 30.3 Å². The second kappa shape index (κ2) is 6.69. The van der Waals surface area contributed by atoms with E-state index in [0.29, 0.717) is 11.1 Å². The van der Waals surface area contributed by atoms with Crippen LogP contribution >= 0.6 is 0 Å². The summed E-state index contributed by atoms with van der Waals surface area (Å²) in [5.74, 6) is -0.875. The first-order valence-electron chi connectivity index (χ1n) is 7.66. The highest BCUT2D eigenvalue weighted by Crippen LogP contribution is 2.21. The SMILES string of the molecule is Cc1cc(C(=O)N[C@H](C(N)=O)c2ccccc2)c(C)n1C(C)C. The number of hydrogen-bond donors (Lipinski definition) is 2. The standard InChI is InChI=1S/C18H23N3O2/c1-11(2)21-12(3)10-15(13(21)4)18(23)20-16(17(19)22)14-8-6-5-7-9-14/h5-11,16H,1-4H3,(H2,19,22)(H,20,23)/t16-/m0/s1. The van der Waals surface area contributed by atoms with Crippen molar-refractivity contribution >= 4 is 11.8 Å². The molecule has 0 spiro atoms. The van der Waals surface area contributed by atoms with Gasteiger partial charge in [0.05, 0.1) is 5.56 Å². The molecule has 122 valence electrons. The van der Waals surface area contributed by atoms with E-state index < -0.39 is 11.9 Å². The minimum atomic E-state index is -0.842. The van der Waals surface area contributed by atoms with E-state index in [1.165, 1.54) is 0 Å². The first-order valence-corrected chi connectivity index (χ1v) is 7.66. The van der Waals surface area contributed by atoms with Gasteiger partial charge in [-0.2, -0.15) is 0 Å². The zero-order valence-electron chi connectivity index (χ0n) is 14.0. The van der Waals surface area contributed by atoms with Gasteiger partial charge < -0.3 is 15.6 Å². The van der Waals surface area contributed by atoms with Crippen LogP contribution in [0, 0.1) is 13.8 Å². The van der Waals surface area contributed by atoms with E-state index in [1.54, 1.807) is 12.1 Å².